The fourth-order valence-corrected chi connectivity index (χ4v) is 3.27. The lowest BCUT2D eigenvalue weighted by Crippen LogP contribution is -2.29. The van der Waals surface area contributed by atoms with Crippen LogP contribution in [0, 0.1) is 6.92 Å². The van der Waals surface area contributed by atoms with Crippen molar-refractivity contribution in [3.8, 4) is 11.3 Å². The van der Waals surface area contributed by atoms with Crippen molar-refractivity contribution in [2.24, 2.45) is 0 Å². The van der Waals surface area contributed by atoms with Gasteiger partial charge in [-0.15, -0.1) is 10.2 Å². The van der Waals surface area contributed by atoms with Crippen LogP contribution in [0.1, 0.15) is 44.2 Å². The lowest BCUT2D eigenvalue weighted by molar-refractivity contribution is -0.137. The van der Waals surface area contributed by atoms with Crippen LogP contribution in [0.5, 0.6) is 0 Å². The average Bonchev–Trinajstić information content (AvgIpc) is 2.68. The van der Waals surface area contributed by atoms with Crippen molar-refractivity contribution in [3.05, 3.63) is 35.4 Å². The van der Waals surface area contributed by atoms with Crippen molar-refractivity contribution in [2.75, 3.05) is 30.7 Å². The number of amides is 1. The first-order chi connectivity index (χ1) is 14.1. The second-order valence-electron chi connectivity index (χ2n) is 7.24. The van der Waals surface area contributed by atoms with Crippen molar-refractivity contribution < 1.29 is 18.0 Å². The maximum absolute atomic E-state index is 12.8. The first kappa shape index (κ1) is 23.6. The van der Waals surface area contributed by atoms with Crippen LogP contribution in [0.2, 0.25) is 0 Å². The summed E-state index contributed by atoms with van der Waals surface area (Å²) in [4.78, 5) is 13.8. The number of carbonyl (C=O) groups is 1. The third-order valence-corrected chi connectivity index (χ3v) is 4.81. The van der Waals surface area contributed by atoms with Gasteiger partial charge in [0, 0.05) is 12.5 Å². The van der Waals surface area contributed by atoms with E-state index in [1.54, 1.807) is 13.0 Å². The van der Waals surface area contributed by atoms with Crippen LogP contribution >= 0.6 is 0 Å². The van der Waals surface area contributed by atoms with Crippen LogP contribution in [0.3, 0.4) is 0 Å². The quantitative estimate of drug-likeness (QED) is 0.759. The molecule has 1 aliphatic heterocycles. The number of halogens is 3. The van der Waals surface area contributed by atoms with Gasteiger partial charge in [0.15, 0.2) is 0 Å². The van der Waals surface area contributed by atoms with Crippen molar-refractivity contribution >= 4 is 17.4 Å². The molecule has 6 nitrogen and oxygen atoms in total. The molecule has 0 unspecified atom stereocenters. The fourth-order valence-electron chi connectivity index (χ4n) is 3.27. The Bertz CT molecular complexity index is 864. The number of nitrogens with zero attached hydrogens (tertiary/aromatic N) is 3. The van der Waals surface area contributed by atoms with Gasteiger partial charge in [-0.2, -0.15) is 13.2 Å². The van der Waals surface area contributed by atoms with E-state index in [1.165, 1.54) is 51.9 Å². The molecule has 1 aromatic carbocycles. The molecule has 3 rings (SSSR count). The first-order valence-electron chi connectivity index (χ1n) is 9.93. The van der Waals surface area contributed by atoms with Crippen LogP contribution in [0.15, 0.2) is 24.3 Å². The number of hydrogen-bond acceptors (Lipinski definition) is 5. The first-order valence-corrected chi connectivity index (χ1v) is 9.93. The third-order valence-electron chi connectivity index (χ3n) is 4.81. The summed E-state index contributed by atoms with van der Waals surface area (Å²) in [5, 5.41) is 9.99. The highest BCUT2D eigenvalue weighted by molar-refractivity contribution is 5.94. The molecule has 0 atom stereocenters. The zero-order chi connectivity index (χ0) is 22.3. The van der Waals surface area contributed by atoms with Crippen LogP contribution < -0.4 is 11.1 Å². The van der Waals surface area contributed by atoms with Crippen LogP contribution in [0.25, 0.3) is 11.3 Å². The zero-order valence-electron chi connectivity index (χ0n) is 17.5. The minimum absolute atomic E-state index is 0.0181. The molecule has 1 saturated heterocycles. The van der Waals surface area contributed by atoms with Crippen molar-refractivity contribution in [3.63, 3.8) is 0 Å². The number of piperidine rings is 1. The SMILES string of the molecule is CC(=O)Nc1cc(C(F)(F)F)ccc1-c1nnc(N)cc1C.CCN1CCCCC1. The molecule has 2 heterocycles. The van der Waals surface area contributed by atoms with Gasteiger partial charge in [0.05, 0.1) is 16.9 Å². The lowest BCUT2D eigenvalue weighted by atomic mass is 10.0. The highest BCUT2D eigenvalue weighted by Gasteiger charge is 2.31. The van der Waals surface area contributed by atoms with Crippen LogP contribution in [0.4, 0.5) is 24.7 Å². The fraction of sp³-hybridized carbons (Fsp3) is 0.476. The number of aryl methyl sites for hydroxylation is 1. The normalized spacial score (nSPS) is 14.6. The molecule has 1 aliphatic rings. The maximum atomic E-state index is 12.8. The Balaban J connectivity index is 0.000000335. The Morgan fingerprint density at radius 2 is 1.83 bits per heavy atom. The Hall–Kier alpha value is -2.68. The third kappa shape index (κ3) is 6.69. The number of rotatable bonds is 3. The Morgan fingerprint density at radius 1 is 1.17 bits per heavy atom. The Morgan fingerprint density at radius 3 is 2.33 bits per heavy atom. The molecule has 0 spiro atoms. The molecule has 1 amide bonds. The smallest absolute Gasteiger partial charge is 0.382 e. The summed E-state index contributed by atoms with van der Waals surface area (Å²) in [6.07, 6.45) is -0.203. The number of nitrogen functional groups attached to an aromatic ring is 1. The van der Waals surface area contributed by atoms with Gasteiger partial charge in [0.25, 0.3) is 0 Å². The molecule has 9 heteroatoms. The van der Waals surface area contributed by atoms with Gasteiger partial charge in [0.2, 0.25) is 5.91 Å². The molecule has 0 bridgehead atoms. The van der Waals surface area contributed by atoms with Gasteiger partial charge in [-0.1, -0.05) is 19.4 Å². The number of benzene rings is 1. The van der Waals surface area contributed by atoms with Gasteiger partial charge in [-0.3, -0.25) is 4.79 Å². The molecule has 3 N–H and O–H groups in total. The lowest BCUT2D eigenvalue weighted by Gasteiger charge is -2.24. The molecule has 0 radical (unpaired) electrons. The number of aromatic nitrogens is 2. The van der Waals surface area contributed by atoms with Crippen molar-refractivity contribution in [1.82, 2.24) is 15.1 Å². The van der Waals surface area contributed by atoms with E-state index < -0.39 is 17.6 Å². The summed E-state index contributed by atoms with van der Waals surface area (Å²) in [6, 6.07) is 4.60. The van der Waals surface area contributed by atoms with E-state index in [0.717, 1.165) is 12.1 Å². The second-order valence-corrected chi connectivity index (χ2v) is 7.24. The van der Waals surface area contributed by atoms with E-state index in [-0.39, 0.29) is 11.5 Å². The second kappa shape index (κ2) is 10.4. The molecule has 1 fully saturated rings. The molecule has 1 aromatic heterocycles. The van der Waals surface area contributed by atoms with E-state index >= 15 is 0 Å². The van der Waals surface area contributed by atoms with E-state index in [0.29, 0.717) is 16.8 Å². The summed E-state index contributed by atoms with van der Waals surface area (Å²) < 4.78 is 38.4. The number of anilines is 2. The predicted molar refractivity (Wildman–Crippen MR) is 112 cm³/mol. The summed E-state index contributed by atoms with van der Waals surface area (Å²) in [5.74, 6) is -0.282. The number of likely N-dealkylation sites (tertiary alicyclic amines) is 1. The van der Waals surface area contributed by atoms with E-state index in [1.807, 2.05) is 0 Å². The monoisotopic (exact) mass is 423 g/mol. The number of carbonyl (C=O) groups excluding carboxylic acids is 1. The largest absolute Gasteiger partial charge is 0.416 e. The minimum atomic E-state index is -4.51. The Labute approximate surface area is 174 Å². The van der Waals surface area contributed by atoms with Gasteiger partial charge in [-0.05, 0) is 63.2 Å². The highest BCUT2D eigenvalue weighted by atomic mass is 19.4. The van der Waals surface area contributed by atoms with E-state index in [4.69, 9.17) is 5.73 Å². The van der Waals surface area contributed by atoms with Crippen molar-refractivity contribution in [1.29, 1.82) is 0 Å². The number of alkyl halides is 3. The Kier molecular flexibility index (Phi) is 8.16. The van der Waals surface area contributed by atoms with E-state index in [9.17, 15) is 18.0 Å². The van der Waals surface area contributed by atoms with Gasteiger partial charge in [0.1, 0.15) is 5.82 Å². The molecule has 0 saturated carbocycles. The van der Waals surface area contributed by atoms with Crippen molar-refractivity contribution in [2.45, 2.75) is 46.2 Å². The molecule has 2 aromatic rings. The molecule has 0 aliphatic carbocycles. The van der Waals surface area contributed by atoms with Crippen LogP contribution in [-0.4, -0.2) is 40.6 Å². The summed E-state index contributed by atoms with van der Waals surface area (Å²) >= 11 is 0. The number of hydrogen-bond donors (Lipinski definition) is 2. The van der Waals surface area contributed by atoms with Crippen LogP contribution in [-0.2, 0) is 11.0 Å². The number of nitrogens with one attached hydrogen (secondary N) is 1. The van der Waals surface area contributed by atoms with E-state index in [2.05, 4.69) is 27.3 Å². The standard InChI is InChI=1S/C14H13F3N4O.C7H15N/c1-7-5-12(18)20-21-13(7)10-4-3-9(14(15,16)17)6-11(10)19-8(2)22;1-2-8-6-4-3-5-7-8/h3-6H,1-2H3,(H2,18,20)(H,19,22);2-7H2,1H3. The topological polar surface area (TPSA) is 84.1 Å². The van der Waals surface area contributed by atoms with Gasteiger partial charge in [-0.25, -0.2) is 0 Å². The molecular weight excluding hydrogens is 395 g/mol. The predicted octanol–water partition coefficient (Wildman–Crippen LogP) is 4.50. The van der Waals surface area contributed by atoms with Gasteiger partial charge >= 0.3 is 6.18 Å². The molecular formula is C21H28F3N5O. The molecule has 164 valence electrons. The summed E-state index contributed by atoms with van der Waals surface area (Å²) in [6.45, 7) is 9.10. The van der Waals surface area contributed by atoms with Gasteiger partial charge < -0.3 is 16.0 Å². The summed E-state index contributed by atoms with van der Waals surface area (Å²) in [7, 11) is 0. The minimum Gasteiger partial charge on any atom is -0.382 e. The molecule has 30 heavy (non-hydrogen) atoms. The zero-order valence-corrected chi connectivity index (χ0v) is 17.5. The summed E-state index contributed by atoms with van der Waals surface area (Å²) in [5.41, 5.74) is 6.00. The average molecular weight is 423 g/mol. The number of nitrogens with two attached hydrogens (primary N) is 1. The maximum Gasteiger partial charge on any atom is 0.416 e. The highest BCUT2D eigenvalue weighted by Crippen LogP contribution is 2.36.